The quantitative estimate of drug-likeness (QED) is 0.153. The summed E-state index contributed by atoms with van der Waals surface area (Å²) >= 11 is 3.43. The van der Waals surface area contributed by atoms with Crippen molar-refractivity contribution in [2.75, 3.05) is 18.1 Å². The first-order valence-electron chi connectivity index (χ1n) is 12.9. The number of carbonyl (C=O) groups is 2. The molecule has 4 aromatic rings. The van der Waals surface area contributed by atoms with Crippen LogP contribution in [0.5, 0.6) is 11.5 Å². The summed E-state index contributed by atoms with van der Waals surface area (Å²) in [5, 5.41) is 0.374. The van der Waals surface area contributed by atoms with Crippen molar-refractivity contribution in [3.8, 4) is 11.5 Å². The van der Waals surface area contributed by atoms with Crippen LogP contribution in [0.2, 0.25) is 0 Å². The fraction of sp³-hybridized carbons (Fsp3) is 0.258. The zero-order valence-corrected chi connectivity index (χ0v) is 23.5. The van der Waals surface area contributed by atoms with Gasteiger partial charge in [0.25, 0.3) is 5.91 Å². The summed E-state index contributed by atoms with van der Waals surface area (Å²) in [6.07, 6.45) is 1.91. The van der Waals surface area contributed by atoms with Crippen molar-refractivity contribution in [2.45, 2.75) is 39.7 Å². The van der Waals surface area contributed by atoms with E-state index in [-0.39, 0.29) is 22.5 Å². The van der Waals surface area contributed by atoms with Gasteiger partial charge in [-0.05, 0) is 80.4 Å². The van der Waals surface area contributed by atoms with E-state index in [0.717, 1.165) is 17.3 Å². The zero-order valence-electron chi connectivity index (χ0n) is 22.0. The molecule has 5 rings (SSSR count). The molecule has 39 heavy (non-hydrogen) atoms. The van der Waals surface area contributed by atoms with Gasteiger partial charge in [-0.25, -0.2) is 0 Å². The fourth-order valence-corrected chi connectivity index (χ4v) is 5.15. The molecule has 0 saturated heterocycles. The number of anilines is 1. The first-order valence-corrected chi connectivity index (χ1v) is 13.7. The zero-order chi connectivity index (χ0) is 27.7. The van der Waals surface area contributed by atoms with E-state index >= 15 is 0 Å². The van der Waals surface area contributed by atoms with E-state index in [1.807, 2.05) is 25.1 Å². The summed E-state index contributed by atoms with van der Waals surface area (Å²) in [5.41, 5.74) is 2.03. The van der Waals surface area contributed by atoms with E-state index in [2.05, 4.69) is 22.9 Å². The van der Waals surface area contributed by atoms with E-state index in [9.17, 15) is 14.4 Å². The van der Waals surface area contributed by atoms with Crippen molar-refractivity contribution in [3.05, 3.63) is 97.8 Å². The van der Waals surface area contributed by atoms with Crippen LogP contribution < -0.4 is 19.8 Å². The van der Waals surface area contributed by atoms with E-state index < -0.39 is 11.9 Å². The Bertz CT molecular complexity index is 1630. The second kappa shape index (κ2) is 11.1. The number of ether oxygens (including phenoxy) is 2. The lowest BCUT2D eigenvalue weighted by Gasteiger charge is -2.26. The monoisotopic (exact) mass is 589 g/mol. The third-order valence-corrected chi connectivity index (χ3v) is 7.22. The maximum absolute atomic E-state index is 13.9. The van der Waals surface area contributed by atoms with Crippen molar-refractivity contribution in [2.24, 2.45) is 0 Å². The van der Waals surface area contributed by atoms with Gasteiger partial charge in [-0.3, -0.25) is 19.3 Å². The Morgan fingerprint density at radius 2 is 1.74 bits per heavy atom. The molecule has 1 aliphatic heterocycles. The lowest BCUT2D eigenvalue weighted by molar-refractivity contribution is 0.0970. The van der Waals surface area contributed by atoms with E-state index in [0.29, 0.717) is 52.5 Å². The average Bonchev–Trinajstić information content (AvgIpc) is 3.22. The number of hydrogen-bond donors (Lipinski definition) is 0. The predicted molar refractivity (Wildman–Crippen MR) is 153 cm³/mol. The second-order valence-corrected chi connectivity index (χ2v) is 10.3. The molecule has 200 valence electrons. The van der Waals surface area contributed by atoms with Crippen LogP contribution in [-0.2, 0) is 0 Å². The average molecular weight is 590 g/mol. The standard InChI is InChI=1S/C31H28BrNO6/c1-4-6-15-38-25-13-9-20(16-26(25)37-5-2)28-27-29(35)23-17-21(32)10-14-24(23)39-30(27)31(36)33(28)22-11-7-19(8-12-22)18(3)34/h7-14,16-17,28H,4-6,15H2,1-3H3. The number of unbranched alkanes of at least 4 members (excludes halogenated alkanes) is 1. The van der Waals surface area contributed by atoms with Gasteiger partial charge in [-0.15, -0.1) is 0 Å². The third-order valence-electron chi connectivity index (χ3n) is 6.72. The summed E-state index contributed by atoms with van der Waals surface area (Å²) in [6.45, 7) is 6.44. The lowest BCUT2D eigenvalue weighted by Crippen LogP contribution is -2.29. The molecule has 1 aromatic heterocycles. The van der Waals surface area contributed by atoms with Gasteiger partial charge >= 0.3 is 0 Å². The van der Waals surface area contributed by atoms with Crippen LogP contribution in [0.1, 0.15) is 71.7 Å². The lowest BCUT2D eigenvalue weighted by atomic mass is 9.97. The molecule has 0 fully saturated rings. The van der Waals surface area contributed by atoms with Gasteiger partial charge in [-0.1, -0.05) is 35.3 Å². The Kier molecular flexibility index (Phi) is 7.57. The van der Waals surface area contributed by atoms with Crippen LogP contribution in [-0.4, -0.2) is 24.9 Å². The van der Waals surface area contributed by atoms with Crippen LogP contribution in [0.15, 0.2) is 74.3 Å². The maximum atomic E-state index is 13.9. The first-order chi connectivity index (χ1) is 18.8. The number of carbonyl (C=O) groups excluding carboxylic acids is 2. The van der Waals surface area contributed by atoms with Crippen LogP contribution in [0.3, 0.4) is 0 Å². The normalized spacial score (nSPS) is 14.5. The van der Waals surface area contributed by atoms with E-state index in [1.165, 1.54) is 11.8 Å². The Balaban J connectivity index is 1.71. The first kappa shape index (κ1) is 26.7. The summed E-state index contributed by atoms with van der Waals surface area (Å²) < 4.78 is 18.7. The van der Waals surface area contributed by atoms with Crippen molar-refractivity contribution < 1.29 is 23.5 Å². The highest BCUT2D eigenvalue weighted by atomic mass is 79.9. The molecule has 7 nitrogen and oxygen atoms in total. The molecule has 0 N–H and O–H groups in total. The van der Waals surface area contributed by atoms with Crippen molar-refractivity contribution in [3.63, 3.8) is 0 Å². The van der Waals surface area contributed by atoms with Crippen molar-refractivity contribution in [1.82, 2.24) is 0 Å². The van der Waals surface area contributed by atoms with Gasteiger partial charge in [0.1, 0.15) is 5.58 Å². The van der Waals surface area contributed by atoms with Crippen LogP contribution in [0.4, 0.5) is 5.69 Å². The fourth-order valence-electron chi connectivity index (χ4n) is 4.79. The second-order valence-electron chi connectivity index (χ2n) is 9.34. The van der Waals surface area contributed by atoms with Crippen LogP contribution in [0.25, 0.3) is 11.0 Å². The summed E-state index contributed by atoms with van der Waals surface area (Å²) in [4.78, 5) is 41.2. The summed E-state index contributed by atoms with van der Waals surface area (Å²) in [7, 11) is 0. The SMILES string of the molecule is CCCCOc1ccc(C2c3c(oc4ccc(Br)cc4c3=O)C(=O)N2c2ccc(C(C)=O)cc2)cc1OCC. The highest BCUT2D eigenvalue weighted by Crippen LogP contribution is 2.43. The maximum Gasteiger partial charge on any atom is 0.295 e. The number of rotatable bonds is 9. The number of ketones is 1. The molecule has 8 heteroatoms. The number of amides is 1. The smallest absolute Gasteiger partial charge is 0.295 e. The molecule has 1 atom stereocenters. The van der Waals surface area contributed by atoms with E-state index in [4.69, 9.17) is 13.9 Å². The molecule has 0 aliphatic carbocycles. The number of hydrogen-bond acceptors (Lipinski definition) is 6. The highest BCUT2D eigenvalue weighted by Gasteiger charge is 2.44. The molecule has 0 spiro atoms. The van der Waals surface area contributed by atoms with Gasteiger partial charge in [-0.2, -0.15) is 0 Å². The van der Waals surface area contributed by atoms with Gasteiger partial charge in [0.15, 0.2) is 22.7 Å². The van der Waals surface area contributed by atoms with Crippen molar-refractivity contribution in [1.29, 1.82) is 0 Å². The minimum atomic E-state index is -0.779. The molecule has 1 amide bonds. The Morgan fingerprint density at radius 1 is 0.974 bits per heavy atom. The van der Waals surface area contributed by atoms with Gasteiger partial charge in [0.2, 0.25) is 5.76 Å². The summed E-state index contributed by atoms with van der Waals surface area (Å²) in [6, 6.07) is 16.6. The van der Waals surface area contributed by atoms with Gasteiger partial charge in [0, 0.05) is 15.7 Å². The number of Topliss-reactive ketones (excluding diaryl/α,β-unsaturated/α-hetero) is 1. The summed E-state index contributed by atoms with van der Waals surface area (Å²) in [5.74, 6) is 0.616. The van der Waals surface area contributed by atoms with E-state index in [1.54, 1.807) is 42.5 Å². The van der Waals surface area contributed by atoms with Crippen LogP contribution >= 0.6 is 15.9 Å². The number of fused-ring (bicyclic) bond motifs is 2. The molecule has 2 heterocycles. The molecular formula is C31H28BrNO6. The largest absolute Gasteiger partial charge is 0.490 e. The number of nitrogens with zero attached hydrogens (tertiary/aromatic N) is 1. The molecule has 0 saturated carbocycles. The molecule has 0 bridgehead atoms. The molecule has 1 aliphatic rings. The third kappa shape index (κ3) is 4.96. The Morgan fingerprint density at radius 3 is 2.44 bits per heavy atom. The Hall–Kier alpha value is -3.91. The van der Waals surface area contributed by atoms with Crippen LogP contribution in [0, 0.1) is 0 Å². The molecular weight excluding hydrogens is 562 g/mol. The van der Waals surface area contributed by atoms with Gasteiger partial charge in [0.05, 0.1) is 30.2 Å². The molecule has 0 radical (unpaired) electrons. The van der Waals surface area contributed by atoms with Gasteiger partial charge < -0.3 is 13.9 Å². The topological polar surface area (TPSA) is 86.0 Å². The minimum absolute atomic E-state index is 0.00306. The molecule has 1 unspecified atom stereocenters. The molecule has 3 aromatic carbocycles. The predicted octanol–water partition coefficient (Wildman–Crippen LogP) is 7.09. The highest BCUT2D eigenvalue weighted by molar-refractivity contribution is 9.10. The minimum Gasteiger partial charge on any atom is -0.490 e. The van der Waals surface area contributed by atoms with Crippen molar-refractivity contribution >= 4 is 44.3 Å². The number of benzene rings is 3. The number of halogens is 1. The Labute approximate surface area is 234 Å².